The van der Waals surface area contributed by atoms with Gasteiger partial charge in [0.05, 0.1) is 5.69 Å². The van der Waals surface area contributed by atoms with Crippen LogP contribution in [0.25, 0.3) is 5.65 Å². The molecule has 0 aliphatic carbocycles. The molecule has 0 amide bonds. The molecule has 0 bridgehead atoms. The Morgan fingerprint density at radius 1 is 1.21 bits per heavy atom. The third-order valence-corrected chi connectivity index (χ3v) is 3.14. The second-order valence-electron chi connectivity index (χ2n) is 4.42. The Morgan fingerprint density at radius 3 is 3.00 bits per heavy atom. The van der Waals surface area contributed by atoms with Crippen LogP contribution in [0.3, 0.4) is 0 Å². The average molecular weight is 256 g/mol. The van der Waals surface area contributed by atoms with Crippen LogP contribution in [0.4, 0.5) is 0 Å². The SMILES string of the molecule is Cn1nccc1CNCCc1nnc2ccccn12. The lowest BCUT2D eigenvalue weighted by molar-refractivity contribution is 0.617. The fourth-order valence-electron chi connectivity index (χ4n) is 2.05. The van der Waals surface area contributed by atoms with Gasteiger partial charge >= 0.3 is 0 Å². The van der Waals surface area contributed by atoms with E-state index in [0.717, 1.165) is 31.0 Å². The van der Waals surface area contributed by atoms with Crippen molar-refractivity contribution in [1.82, 2.24) is 29.7 Å². The third kappa shape index (κ3) is 2.48. The first kappa shape index (κ1) is 11.9. The minimum Gasteiger partial charge on any atom is -0.311 e. The molecule has 0 aliphatic rings. The first-order valence-corrected chi connectivity index (χ1v) is 6.31. The van der Waals surface area contributed by atoms with E-state index in [1.807, 2.05) is 52.8 Å². The molecule has 1 N–H and O–H groups in total. The van der Waals surface area contributed by atoms with Gasteiger partial charge in [-0.1, -0.05) is 6.07 Å². The molecule has 19 heavy (non-hydrogen) atoms. The molecule has 0 unspecified atom stereocenters. The summed E-state index contributed by atoms with van der Waals surface area (Å²) in [6, 6.07) is 7.93. The molecule has 3 heterocycles. The van der Waals surface area contributed by atoms with E-state index in [2.05, 4.69) is 20.6 Å². The van der Waals surface area contributed by atoms with Gasteiger partial charge in [0.25, 0.3) is 0 Å². The van der Waals surface area contributed by atoms with Crippen LogP contribution < -0.4 is 5.32 Å². The van der Waals surface area contributed by atoms with Crippen molar-refractivity contribution in [2.75, 3.05) is 6.54 Å². The van der Waals surface area contributed by atoms with Crippen LogP contribution in [-0.4, -0.2) is 30.9 Å². The molecule has 0 saturated heterocycles. The van der Waals surface area contributed by atoms with Crippen molar-refractivity contribution in [2.45, 2.75) is 13.0 Å². The molecular formula is C13H16N6. The van der Waals surface area contributed by atoms with E-state index in [9.17, 15) is 0 Å². The van der Waals surface area contributed by atoms with Crippen LogP contribution in [-0.2, 0) is 20.0 Å². The Kier molecular flexibility index (Phi) is 3.24. The second kappa shape index (κ2) is 5.19. The lowest BCUT2D eigenvalue weighted by atomic mass is 10.3. The van der Waals surface area contributed by atoms with Crippen LogP contribution in [0, 0.1) is 0 Å². The normalized spacial score (nSPS) is 11.2. The van der Waals surface area contributed by atoms with E-state index in [1.54, 1.807) is 0 Å². The first-order chi connectivity index (χ1) is 9.34. The Morgan fingerprint density at radius 2 is 2.16 bits per heavy atom. The summed E-state index contributed by atoms with van der Waals surface area (Å²) in [5.41, 5.74) is 2.07. The predicted octanol–water partition coefficient (Wildman–Crippen LogP) is 0.795. The molecule has 0 atom stereocenters. The smallest absolute Gasteiger partial charge is 0.160 e. The Labute approximate surface area is 111 Å². The molecule has 0 radical (unpaired) electrons. The zero-order valence-corrected chi connectivity index (χ0v) is 10.8. The minimum absolute atomic E-state index is 0.813. The molecule has 0 fully saturated rings. The van der Waals surface area contributed by atoms with Gasteiger partial charge < -0.3 is 5.32 Å². The van der Waals surface area contributed by atoms with Gasteiger partial charge in [0.1, 0.15) is 5.82 Å². The van der Waals surface area contributed by atoms with Gasteiger partial charge in [0, 0.05) is 39.0 Å². The van der Waals surface area contributed by atoms with Gasteiger partial charge in [-0.15, -0.1) is 10.2 Å². The molecule has 3 aromatic rings. The summed E-state index contributed by atoms with van der Waals surface area (Å²) in [6.07, 6.45) is 4.65. The van der Waals surface area contributed by atoms with Crippen LogP contribution in [0.1, 0.15) is 11.5 Å². The topological polar surface area (TPSA) is 60.0 Å². The number of nitrogens with one attached hydrogen (secondary N) is 1. The quantitative estimate of drug-likeness (QED) is 0.686. The molecule has 98 valence electrons. The highest BCUT2D eigenvalue weighted by atomic mass is 15.3. The number of hydrogen-bond acceptors (Lipinski definition) is 4. The van der Waals surface area contributed by atoms with E-state index in [0.29, 0.717) is 0 Å². The summed E-state index contributed by atoms with van der Waals surface area (Å²) in [5, 5.41) is 15.9. The summed E-state index contributed by atoms with van der Waals surface area (Å²) >= 11 is 0. The zero-order valence-electron chi connectivity index (χ0n) is 10.8. The fraction of sp³-hybridized carbons (Fsp3) is 0.308. The van der Waals surface area contributed by atoms with Crippen LogP contribution in [0.5, 0.6) is 0 Å². The standard InChI is InChI=1S/C13H16N6/c1-18-11(5-8-15-18)10-14-7-6-13-17-16-12-4-2-3-9-19(12)13/h2-5,8-9,14H,6-7,10H2,1H3. The Balaban J connectivity index is 1.57. The number of pyridine rings is 1. The largest absolute Gasteiger partial charge is 0.311 e. The fourth-order valence-corrected chi connectivity index (χ4v) is 2.05. The zero-order chi connectivity index (χ0) is 13.1. The van der Waals surface area contributed by atoms with Gasteiger partial charge in [-0.05, 0) is 18.2 Å². The van der Waals surface area contributed by atoms with Crippen LogP contribution >= 0.6 is 0 Å². The van der Waals surface area contributed by atoms with Gasteiger partial charge in [0.2, 0.25) is 0 Å². The summed E-state index contributed by atoms with van der Waals surface area (Å²) in [6.45, 7) is 1.67. The molecule has 0 aromatic carbocycles. The monoisotopic (exact) mass is 256 g/mol. The van der Waals surface area contributed by atoms with Crippen molar-refractivity contribution in [3.8, 4) is 0 Å². The van der Waals surface area contributed by atoms with E-state index < -0.39 is 0 Å². The second-order valence-corrected chi connectivity index (χ2v) is 4.42. The van der Waals surface area contributed by atoms with Crippen molar-refractivity contribution in [1.29, 1.82) is 0 Å². The number of aryl methyl sites for hydroxylation is 1. The van der Waals surface area contributed by atoms with Crippen molar-refractivity contribution >= 4 is 5.65 Å². The molecule has 0 saturated carbocycles. The highest BCUT2D eigenvalue weighted by Gasteiger charge is 2.04. The van der Waals surface area contributed by atoms with Crippen molar-refractivity contribution in [2.24, 2.45) is 7.05 Å². The first-order valence-electron chi connectivity index (χ1n) is 6.31. The molecule has 6 heteroatoms. The predicted molar refractivity (Wildman–Crippen MR) is 71.6 cm³/mol. The number of rotatable bonds is 5. The van der Waals surface area contributed by atoms with Gasteiger partial charge in [-0.3, -0.25) is 9.08 Å². The highest BCUT2D eigenvalue weighted by Crippen LogP contribution is 2.03. The van der Waals surface area contributed by atoms with Gasteiger partial charge in [-0.2, -0.15) is 5.10 Å². The number of aromatic nitrogens is 5. The van der Waals surface area contributed by atoms with E-state index >= 15 is 0 Å². The van der Waals surface area contributed by atoms with E-state index in [4.69, 9.17) is 0 Å². The van der Waals surface area contributed by atoms with Crippen molar-refractivity contribution in [3.63, 3.8) is 0 Å². The average Bonchev–Trinajstić information content (AvgIpc) is 3.02. The molecule has 3 rings (SSSR count). The Bertz CT molecular complexity index is 668. The van der Waals surface area contributed by atoms with Crippen LogP contribution in [0.2, 0.25) is 0 Å². The van der Waals surface area contributed by atoms with Gasteiger partial charge in [0.15, 0.2) is 5.65 Å². The Hall–Kier alpha value is -2.21. The molecular weight excluding hydrogens is 240 g/mol. The highest BCUT2D eigenvalue weighted by molar-refractivity contribution is 5.36. The lowest BCUT2D eigenvalue weighted by Crippen LogP contribution is -2.19. The maximum Gasteiger partial charge on any atom is 0.160 e. The summed E-state index contributed by atoms with van der Waals surface area (Å²) < 4.78 is 3.89. The number of nitrogens with zero attached hydrogens (tertiary/aromatic N) is 5. The summed E-state index contributed by atoms with van der Waals surface area (Å²) in [4.78, 5) is 0. The summed E-state index contributed by atoms with van der Waals surface area (Å²) in [5.74, 6) is 0.980. The van der Waals surface area contributed by atoms with Crippen molar-refractivity contribution in [3.05, 3.63) is 48.2 Å². The third-order valence-electron chi connectivity index (χ3n) is 3.14. The van der Waals surface area contributed by atoms with Crippen LogP contribution in [0.15, 0.2) is 36.7 Å². The molecule has 6 nitrogen and oxygen atoms in total. The van der Waals surface area contributed by atoms with E-state index in [1.165, 1.54) is 5.69 Å². The van der Waals surface area contributed by atoms with Gasteiger partial charge in [-0.25, -0.2) is 0 Å². The maximum atomic E-state index is 4.20. The number of fused-ring (bicyclic) bond motifs is 1. The molecule has 0 spiro atoms. The minimum atomic E-state index is 0.813. The van der Waals surface area contributed by atoms with Crippen molar-refractivity contribution < 1.29 is 0 Å². The number of hydrogen-bond donors (Lipinski definition) is 1. The molecule has 3 aromatic heterocycles. The summed E-state index contributed by atoms with van der Waals surface area (Å²) in [7, 11) is 1.95. The lowest BCUT2D eigenvalue weighted by Gasteiger charge is -2.04. The van der Waals surface area contributed by atoms with E-state index in [-0.39, 0.29) is 0 Å². The maximum absolute atomic E-state index is 4.20. The molecule has 0 aliphatic heterocycles.